The maximum absolute atomic E-state index is 13.3. The molecule has 2 amide bonds. The number of anilines is 2. The first-order valence-electron chi connectivity index (χ1n) is 9.62. The van der Waals surface area contributed by atoms with E-state index in [-0.39, 0.29) is 11.8 Å². The normalized spacial score (nSPS) is 11.3. The van der Waals surface area contributed by atoms with Gasteiger partial charge in [-0.1, -0.05) is 36.4 Å². The van der Waals surface area contributed by atoms with Gasteiger partial charge in [-0.25, -0.2) is 0 Å². The number of carbonyl (C=O) groups excluding carboxylic acids is 2. The molecule has 0 radical (unpaired) electrons. The van der Waals surface area contributed by atoms with Crippen LogP contribution in [-0.2, 0) is 9.59 Å². The van der Waals surface area contributed by atoms with E-state index in [1.165, 1.54) is 18.7 Å². The van der Waals surface area contributed by atoms with Crippen molar-refractivity contribution >= 4 is 35.0 Å². The zero-order chi connectivity index (χ0) is 22.2. The third kappa shape index (κ3) is 6.02. The van der Waals surface area contributed by atoms with Crippen molar-refractivity contribution in [3.05, 3.63) is 78.4 Å². The molecule has 31 heavy (non-hydrogen) atoms. The smallest absolute Gasteiger partial charge is 0.242 e. The molecular weight excluding hydrogens is 412 g/mol. The molecule has 6 nitrogen and oxygen atoms in total. The van der Waals surface area contributed by atoms with Crippen LogP contribution in [-0.4, -0.2) is 26.0 Å². The Morgan fingerprint density at radius 2 is 1.65 bits per heavy atom. The fourth-order valence-electron chi connectivity index (χ4n) is 2.99. The fraction of sp³-hybridized carbons (Fsp3) is 0.167. The van der Waals surface area contributed by atoms with Crippen molar-refractivity contribution in [3.63, 3.8) is 0 Å². The van der Waals surface area contributed by atoms with Gasteiger partial charge in [-0.05, 0) is 35.9 Å². The molecule has 3 aromatic rings. The summed E-state index contributed by atoms with van der Waals surface area (Å²) in [6.07, 6.45) is 0. The number of ether oxygens (including phenoxy) is 2. The molecule has 1 unspecified atom stereocenters. The number of hydrogen-bond acceptors (Lipinski definition) is 5. The highest BCUT2D eigenvalue weighted by Gasteiger charge is 2.23. The van der Waals surface area contributed by atoms with E-state index < -0.39 is 5.25 Å². The molecule has 0 aromatic heterocycles. The van der Waals surface area contributed by atoms with Crippen LogP contribution < -0.4 is 20.1 Å². The summed E-state index contributed by atoms with van der Waals surface area (Å²) in [6, 6.07) is 22.2. The van der Waals surface area contributed by atoms with Crippen LogP contribution in [0, 0.1) is 0 Å². The SMILES string of the molecule is COc1ccc(NC(=O)C(Sc2cccc(NC(C)=O)c2)c2ccccc2)c(OC)c1. The van der Waals surface area contributed by atoms with E-state index in [1.807, 2.05) is 54.6 Å². The average molecular weight is 437 g/mol. The molecule has 0 spiro atoms. The summed E-state index contributed by atoms with van der Waals surface area (Å²) in [5, 5.41) is 5.23. The number of thioether (sulfide) groups is 1. The van der Waals surface area contributed by atoms with Crippen LogP contribution in [0.2, 0.25) is 0 Å². The van der Waals surface area contributed by atoms with Crippen LogP contribution >= 0.6 is 11.8 Å². The van der Waals surface area contributed by atoms with Gasteiger partial charge >= 0.3 is 0 Å². The van der Waals surface area contributed by atoms with Gasteiger partial charge in [0.15, 0.2) is 0 Å². The van der Waals surface area contributed by atoms with Gasteiger partial charge in [-0.15, -0.1) is 11.8 Å². The Kier molecular flexibility index (Phi) is 7.56. The third-order valence-electron chi connectivity index (χ3n) is 4.42. The van der Waals surface area contributed by atoms with Gasteiger partial charge in [0.1, 0.15) is 16.7 Å². The number of rotatable bonds is 8. The highest BCUT2D eigenvalue weighted by Crippen LogP contribution is 2.38. The van der Waals surface area contributed by atoms with Gasteiger partial charge < -0.3 is 20.1 Å². The number of nitrogens with one attached hydrogen (secondary N) is 2. The Hall–Kier alpha value is -3.45. The Labute approximate surface area is 186 Å². The molecule has 7 heteroatoms. The minimum absolute atomic E-state index is 0.147. The first-order chi connectivity index (χ1) is 15.0. The van der Waals surface area contributed by atoms with Crippen LogP contribution in [0.15, 0.2) is 77.7 Å². The molecule has 0 aliphatic heterocycles. The molecule has 1 atom stereocenters. The number of methoxy groups -OCH3 is 2. The lowest BCUT2D eigenvalue weighted by molar-refractivity contribution is -0.116. The number of carbonyl (C=O) groups is 2. The van der Waals surface area contributed by atoms with Crippen molar-refractivity contribution < 1.29 is 19.1 Å². The molecule has 3 rings (SSSR count). The summed E-state index contributed by atoms with van der Waals surface area (Å²) >= 11 is 1.40. The average Bonchev–Trinajstić information content (AvgIpc) is 2.78. The minimum atomic E-state index is -0.513. The van der Waals surface area contributed by atoms with E-state index in [9.17, 15) is 9.59 Å². The fourth-order valence-corrected chi connectivity index (χ4v) is 4.07. The molecule has 0 aliphatic rings. The molecule has 160 valence electrons. The van der Waals surface area contributed by atoms with E-state index in [2.05, 4.69) is 10.6 Å². The van der Waals surface area contributed by atoms with Crippen molar-refractivity contribution in [3.8, 4) is 11.5 Å². The summed E-state index contributed by atoms with van der Waals surface area (Å²) in [6.45, 7) is 1.46. The lowest BCUT2D eigenvalue weighted by Gasteiger charge is -2.19. The monoisotopic (exact) mass is 436 g/mol. The van der Waals surface area contributed by atoms with Crippen molar-refractivity contribution in [1.82, 2.24) is 0 Å². The molecule has 2 N–H and O–H groups in total. The molecule has 0 saturated carbocycles. The van der Waals surface area contributed by atoms with E-state index in [1.54, 1.807) is 32.4 Å². The number of benzene rings is 3. The quantitative estimate of drug-likeness (QED) is 0.479. The molecule has 0 aliphatic carbocycles. The summed E-state index contributed by atoms with van der Waals surface area (Å²) in [5.41, 5.74) is 2.10. The molecule has 0 fully saturated rings. The van der Waals surface area contributed by atoms with E-state index in [0.717, 1.165) is 10.5 Å². The second kappa shape index (κ2) is 10.5. The van der Waals surface area contributed by atoms with E-state index in [4.69, 9.17) is 9.47 Å². The van der Waals surface area contributed by atoms with Gasteiger partial charge in [0.2, 0.25) is 11.8 Å². The lowest BCUT2D eigenvalue weighted by atomic mass is 10.1. The highest BCUT2D eigenvalue weighted by molar-refractivity contribution is 8.00. The van der Waals surface area contributed by atoms with Crippen LogP contribution in [0.1, 0.15) is 17.7 Å². The van der Waals surface area contributed by atoms with Gasteiger partial charge in [-0.2, -0.15) is 0 Å². The largest absolute Gasteiger partial charge is 0.497 e. The molecule has 0 heterocycles. The van der Waals surface area contributed by atoms with Crippen molar-refractivity contribution in [2.75, 3.05) is 24.9 Å². The molecule has 3 aromatic carbocycles. The first-order valence-corrected chi connectivity index (χ1v) is 10.5. The second-order valence-corrected chi connectivity index (χ2v) is 7.85. The zero-order valence-corrected chi connectivity index (χ0v) is 18.4. The predicted octanol–water partition coefficient (Wildman–Crippen LogP) is 5.13. The number of amides is 2. The Balaban J connectivity index is 1.88. The summed E-state index contributed by atoms with van der Waals surface area (Å²) in [7, 11) is 3.12. The lowest BCUT2D eigenvalue weighted by Crippen LogP contribution is -2.19. The third-order valence-corrected chi connectivity index (χ3v) is 5.66. The van der Waals surface area contributed by atoms with Gasteiger partial charge in [0, 0.05) is 23.6 Å². The maximum Gasteiger partial charge on any atom is 0.242 e. The van der Waals surface area contributed by atoms with Crippen LogP contribution in [0.3, 0.4) is 0 Å². The topological polar surface area (TPSA) is 76.7 Å². The molecular formula is C24H24N2O4S. The van der Waals surface area contributed by atoms with Crippen LogP contribution in [0.4, 0.5) is 11.4 Å². The minimum Gasteiger partial charge on any atom is -0.497 e. The van der Waals surface area contributed by atoms with Crippen LogP contribution in [0.5, 0.6) is 11.5 Å². The highest BCUT2D eigenvalue weighted by atomic mass is 32.2. The van der Waals surface area contributed by atoms with Crippen molar-refractivity contribution in [2.24, 2.45) is 0 Å². The van der Waals surface area contributed by atoms with E-state index in [0.29, 0.717) is 22.9 Å². The van der Waals surface area contributed by atoms with Crippen molar-refractivity contribution in [1.29, 1.82) is 0 Å². The molecule has 0 saturated heterocycles. The van der Waals surface area contributed by atoms with Crippen LogP contribution in [0.25, 0.3) is 0 Å². The maximum atomic E-state index is 13.3. The first kappa shape index (κ1) is 22.2. The zero-order valence-electron chi connectivity index (χ0n) is 17.5. The summed E-state index contributed by atoms with van der Waals surface area (Å²) < 4.78 is 10.6. The van der Waals surface area contributed by atoms with E-state index >= 15 is 0 Å². The summed E-state index contributed by atoms with van der Waals surface area (Å²) in [4.78, 5) is 25.6. The molecule has 0 bridgehead atoms. The van der Waals surface area contributed by atoms with Gasteiger partial charge in [-0.3, -0.25) is 9.59 Å². The standard InChI is InChI=1S/C24H24N2O4S/c1-16(27)25-18-10-7-11-20(14-18)31-23(17-8-5-4-6-9-17)24(28)26-21-13-12-19(29-2)15-22(21)30-3/h4-15,23H,1-3H3,(H,25,27)(H,26,28). The summed E-state index contributed by atoms with van der Waals surface area (Å²) in [5.74, 6) is 0.812. The second-order valence-electron chi connectivity index (χ2n) is 6.67. The Morgan fingerprint density at radius 3 is 2.32 bits per heavy atom. The Bertz CT molecular complexity index is 1060. The predicted molar refractivity (Wildman–Crippen MR) is 124 cm³/mol. The van der Waals surface area contributed by atoms with Crippen molar-refractivity contribution in [2.45, 2.75) is 17.1 Å². The van der Waals surface area contributed by atoms with Gasteiger partial charge in [0.25, 0.3) is 0 Å². The number of hydrogen-bond donors (Lipinski definition) is 2. The Morgan fingerprint density at radius 1 is 0.871 bits per heavy atom. The van der Waals surface area contributed by atoms with Gasteiger partial charge in [0.05, 0.1) is 19.9 Å².